The Morgan fingerprint density at radius 1 is 1.06 bits per heavy atom. The van der Waals surface area contributed by atoms with Gasteiger partial charge in [0.15, 0.2) is 17.4 Å². The van der Waals surface area contributed by atoms with Crippen LogP contribution in [0.4, 0.5) is 8.78 Å². The number of halogens is 3. The highest BCUT2D eigenvalue weighted by Gasteiger charge is 2.25. The second-order valence-electron chi connectivity index (χ2n) is 8.42. The Balaban J connectivity index is 1.67. The number of nitrogens with zero attached hydrogens (tertiary/aromatic N) is 1. The van der Waals surface area contributed by atoms with Crippen LogP contribution in [0.5, 0.6) is 5.75 Å². The number of allylic oxidation sites excluding steroid dienone is 2. The largest absolute Gasteiger partial charge is 0.504 e. The lowest BCUT2D eigenvalue weighted by molar-refractivity contribution is 0.434. The van der Waals surface area contributed by atoms with E-state index in [-0.39, 0.29) is 22.2 Å². The first-order chi connectivity index (χ1) is 15.0. The minimum atomic E-state index is -0.926. The molecule has 164 valence electrons. The smallest absolute Gasteiger partial charge is 0.168 e. The molecular weight excluding hydrogens is 416 g/mol. The molecule has 1 aliphatic rings. The molecule has 4 rings (SSSR count). The minimum absolute atomic E-state index is 0.178. The van der Waals surface area contributed by atoms with Gasteiger partial charge in [-0.15, -0.1) is 11.6 Å². The fourth-order valence-corrected chi connectivity index (χ4v) is 4.50. The van der Waals surface area contributed by atoms with Gasteiger partial charge in [0.2, 0.25) is 0 Å². The molecule has 2 aromatic carbocycles. The molecule has 0 bridgehead atoms. The standard InChI is InChI=1S/C26H28ClF2NO/c1-2-20(27)11-7-6-10-19(17-8-4-3-5-9-17)16-30-24(18-12-13-18)14-21-25(30)22(28)15-23(29)26(21)31/h3-5,8-9,12,14-15,19-20,31H,2,6-7,10-11,13,16H2,1H3. The van der Waals surface area contributed by atoms with Crippen molar-refractivity contribution in [1.82, 2.24) is 4.57 Å². The van der Waals surface area contributed by atoms with Gasteiger partial charge in [0.1, 0.15) is 0 Å². The zero-order valence-electron chi connectivity index (χ0n) is 17.8. The molecule has 5 heteroatoms. The third-order valence-corrected chi connectivity index (χ3v) is 6.76. The van der Waals surface area contributed by atoms with Gasteiger partial charge in [-0.2, -0.15) is 0 Å². The van der Waals surface area contributed by atoms with E-state index in [0.29, 0.717) is 6.54 Å². The van der Waals surface area contributed by atoms with Crippen LogP contribution < -0.4 is 0 Å². The van der Waals surface area contributed by atoms with Crippen molar-refractivity contribution in [3.05, 3.63) is 71.4 Å². The average molecular weight is 444 g/mol. The lowest BCUT2D eigenvalue weighted by Crippen LogP contribution is -2.12. The summed E-state index contributed by atoms with van der Waals surface area (Å²) in [6.07, 6.45) is 7.90. The molecule has 0 saturated heterocycles. The molecule has 2 unspecified atom stereocenters. The van der Waals surface area contributed by atoms with Crippen LogP contribution in [0, 0.1) is 11.6 Å². The normalized spacial score (nSPS) is 15.2. The van der Waals surface area contributed by atoms with Gasteiger partial charge in [-0.3, -0.25) is 0 Å². The third-order valence-electron chi connectivity index (χ3n) is 6.23. The lowest BCUT2D eigenvalue weighted by Gasteiger charge is -2.21. The zero-order valence-corrected chi connectivity index (χ0v) is 18.5. The van der Waals surface area contributed by atoms with Crippen molar-refractivity contribution >= 4 is 28.1 Å². The molecule has 2 atom stereocenters. The monoisotopic (exact) mass is 443 g/mol. The fraction of sp³-hybridized carbons (Fsp3) is 0.385. The van der Waals surface area contributed by atoms with Crippen LogP contribution in [0.2, 0.25) is 0 Å². The van der Waals surface area contributed by atoms with Gasteiger partial charge in [-0.25, -0.2) is 8.78 Å². The van der Waals surface area contributed by atoms with E-state index in [1.807, 2.05) is 22.8 Å². The maximum atomic E-state index is 14.9. The molecular formula is C26H28ClF2NO. The summed E-state index contributed by atoms with van der Waals surface area (Å²) in [4.78, 5) is 0. The van der Waals surface area contributed by atoms with Gasteiger partial charge >= 0.3 is 0 Å². The maximum absolute atomic E-state index is 14.9. The Labute approximate surface area is 187 Å². The Morgan fingerprint density at radius 2 is 1.77 bits per heavy atom. The van der Waals surface area contributed by atoms with Crippen LogP contribution in [0.25, 0.3) is 16.5 Å². The topological polar surface area (TPSA) is 25.2 Å². The average Bonchev–Trinajstić information content (AvgIpc) is 3.55. The van der Waals surface area contributed by atoms with Gasteiger partial charge in [0.25, 0.3) is 0 Å². The summed E-state index contributed by atoms with van der Waals surface area (Å²) in [6.45, 7) is 2.67. The molecule has 3 aromatic rings. The number of hydrogen-bond donors (Lipinski definition) is 1. The van der Waals surface area contributed by atoms with E-state index in [9.17, 15) is 13.9 Å². The van der Waals surface area contributed by atoms with Crippen LogP contribution in [0.3, 0.4) is 0 Å². The summed E-state index contributed by atoms with van der Waals surface area (Å²) in [6, 6.07) is 12.7. The highest BCUT2D eigenvalue weighted by molar-refractivity contribution is 6.20. The van der Waals surface area contributed by atoms with Gasteiger partial charge in [-0.1, -0.05) is 56.2 Å². The molecule has 1 aliphatic carbocycles. The van der Waals surface area contributed by atoms with Gasteiger partial charge in [0.05, 0.1) is 5.52 Å². The molecule has 1 heterocycles. The summed E-state index contributed by atoms with van der Waals surface area (Å²) < 4.78 is 30.8. The number of benzene rings is 2. The van der Waals surface area contributed by atoms with Crippen LogP contribution >= 0.6 is 11.6 Å². The first kappa shape index (κ1) is 21.9. The number of phenolic OH excluding ortho intramolecular Hbond substituents is 1. The van der Waals surface area contributed by atoms with Gasteiger partial charge < -0.3 is 9.67 Å². The van der Waals surface area contributed by atoms with Crippen molar-refractivity contribution in [3.8, 4) is 5.75 Å². The van der Waals surface area contributed by atoms with Crippen molar-refractivity contribution in [2.45, 2.75) is 63.3 Å². The van der Waals surface area contributed by atoms with Gasteiger partial charge in [-0.05, 0) is 42.9 Å². The summed E-state index contributed by atoms with van der Waals surface area (Å²) in [7, 11) is 0. The second-order valence-corrected chi connectivity index (χ2v) is 9.04. The SMILES string of the molecule is CCC(Cl)CCCCC(Cn1c(C2=CC2)cc2c(O)c(F)cc(F)c21)c1ccccc1. The Morgan fingerprint density at radius 3 is 2.45 bits per heavy atom. The zero-order chi connectivity index (χ0) is 22.0. The number of phenols is 1. The quantitative estimate of drug-likeness (QED) is 0.251. The summed E-state index contributed by atoms with van der Waals surface area (Å²) in [5, 5.41) is 10.7. The molecule has 0 saturated carbocycles. The van der Waals surface area contributed by atoms with Crippen LogP contribution in [0.1, 0.15) is 62.6 Å². The van der Waals surface area contributed by atoms with Crippen molar-refractivity contribution in [2.75, 3.05) is 0 Å². The summed E-state index contributed by atoms with van der Waals surface area (Å²) >= 11 is 6.28. The molecule has 0 spiro atoms. The number of rotatable bonds is 10. The first-order valence-corrected chi connectivity index (χ1v) is 11.5. The minimum Gasteiger partial charge on any atom is -0.504 e. The molecule has 1 N–H and O–H groups in total. The van der Waals surface area contributed by atoms with Crippen molar-refractivity contribution < 1.29 is 13.9 Å². The number of hydrogen-bond acceptors (Lipinski definition) is 1. The number of fused-ring (bicyclic) bond motifs is 1. The Bertz CT molecular complexity index is 1090. The van der Waals surface area contributed by atoms with E-state index in [2.05, 4.69) is 25.1 Å². The molecule has 0 fully saturated rings. The predicted octanol–water partition coefficient (Wildman–Crippen LogP) is 7.77. The highest BCUT2D eigenvalue weighted by Crippen LogP contribution is 2.41. The number of unbranched alkanes of at least 4 members (excludes halogenated alkanes) is 1. The predicted molar refractivity (Wildman–Crippen MR) is 124 cm³/mol. The highest BCUT2D eigenvalue weighted by atomic mass is 35.5. The summed E-state index contributed by atoms with van der Waals surface area (Å²) in [5.74, 6) is -1.87. The molecule has 31 heavy (non-hydrogen) atoms. The molecule has 2 nitrogen and oxygen atoms in total. The maximum Gasteiger partial charge on any atom is 0.168 e. The Kier molecular flexibility index (Phi) is 6.66. The van der Waals surface area contributed by atoms with E-state index < -0.39 is 17.4 Å². The van der Waals surface area contributed by atoms with Crippen molar-refractivity contribution in [2.24, 2.45) is 0 Å². The fourth-order valence-electron chi connectivity index (χ4n) is 4.35. The Hall–Kier alpha value is -2.33. The van der Waals surface area contributed by atoms with Crippen LogP contribution in [0.15, 0.2) is 48.5 Å². The number of alkyl halides is 1. The molecule has 0 radical (unpaired) electrons. The van der Waals surface area contributed by atoms with Gasteiger partial charge in [0, 0.05) is 35.0 Å². The number of aromatic hydroxyl groups is 1. The van der Waals surface area contributed by atoms with E-state index in [1.165, 1.54) is 5.56 Å². The van der Waals surface area contributed by atoms with E-state index in [0.717, 1.165) is 55.9 Å². The van der Waals surface area contributed by atoms with Crippen LogP contribution in [-0.4, -0.2) is 15.1 Å². The van der Waals surface area contributed by atoms with E-state index in [1.54, 1.807) is 6.07 Å². The van der Waals surface area contributed by atoms with E-state index in [4.69, 9.17) is 11.6 Å². The molecule has 0 aliphatic heterocycles. The van der Waals surface area contributed by atoms with Crippen molar-refractivity contribution in [3.63, 3.8) is 0 Å². The summed E-state index contributed by atoms with van der Waals surface area (Å²) in [5.41, 5.74) is 3.44. The first-order valence-electron chi connectivity index (χ1n) is 11.1. The van der Waals surface area contributed by atoms with Crippen LogP contribution in [-0.2, 0) is 6.54 Å². The number of aromatic nitrogens is 1. The second kappa shape index (κ2) is 9.44. The third kappa shape index (κ3) is 4.79. The molecule has 0 amide bonds. The van der Waals surface area contributed by atoms with Crippen molar-refractivity contribution in [1.29, 1.82) is 0 Å². The van der Waals surface area contributed by atoms with E-state index >= 15 is 0 Å². The lowest BCUT2D eigenvalue weighted by atomic mass is 9.92. The molecule has 1 aromatic heterocycles.